The quantitative estimate of drug-likeness (QED) is 0.844. The number of rotatable bonds is 5. The van der Waals surface area contributed by atoms with Crippen molar-refractivity contribution < 1.29 is 18.7 Å². The van der Waals surface area contributed by atoms with Crippen molar-refractivity contribution in [3.05, 3.63) is 71.5 Å². The Bertz CT molecular complexity index is 679. The summed E-state index contributed by atoms with van der Waals surface area (Å²) in [7, 11) is 2.22. The fourth-order valence-corrected chi connectivity index (χ4v) is 3.69. The molecule has 0 saturated carbocycles. The maximum atomic E-state index is 13.3. The van der Waals surface area contributed by atoms with Crippen molar-refractivity contribution in [1.82, 2.24) is 0 Å². The maximum absolute atomic E-state index is 13.3. The first-order valence-electron chi connectivity index (χ1n) is 8.85. The summed E-state index contributed by atoms with van der Waals surface area (Å²) in [6.07, 6.45) is 0. The highest BCUT2D eigenvalue weighted by Crippen LogP contribution is 2.38. The van der Waals surface area contributed by atoms with Gasteiger partial charge in [0.05, 0.1) is 38.3 Å². The first kappa shape index (κ1) is 18.1. The third-order valence-corrected chi connectivity index (χ3v) is 5.48. The molecule has 4 heteroatoms. The number of benzene rings is 2. The summed E-state index contributed by atoms with van der Waals surface area (Å²) in [6.45, 7) is 6.00. The SMILES string of the molecule is CC(O)(c1ccc(F)cc1)C(C[N+]1(C)CCOCC1)c1ccccc1. The van der Waals surface area contributed by atoms with E-state index in [1.165, 1.54) is 12.1 Å². The molecule has 3 nitrogen and oxygen atoms in total. The topological polar surface area (TPSA) is 29.5 Å². The van der Waals surface area contributed by atoms with E-state index >= 15 is 0 Å². The van der Waals surface area contributed by atoms with Crippen LogP contribution in [0.4, 0.5) is 4.39 Å². The Morgan fingerprint density at radius 3 is 2.28 bits per heavy atom. The Labute approximate surface area is 149 Å². The fraction of sp³-hybridized carbons (Fsp3) is 0.429. The summed E-state index contributed by atoms with van der Waals surface area (Å²) in [5.74, 6) is -0.384. The standard InChI is InChI=1S/C21H27FNO2/c1-21(24,18-8-10-19(22)11-9-18)20(17-6-4-3-5-7-17)16-23(2)12-14-25-15-13-23/h3-11,20,24H,12-16H2,1-2H3/q+1. The van der Waals surface area contributed by atoms with Gasteiger partial charge in [0.2, 0.25) is 0 Å². The number of morpholine rings is 1. The van der Waals surface area contributed by atoms with Crippen molar-refractivity contribution in [3.63, 3.8) is 0 Å². The number of hydrogen-bond acceptors (Lipinski definition) is 2. The zero-order valence-electron chi connectivity index (χ0n) is 15.0. The predicted octanol–water partition coefficient (Wildman–Crippen LogP) is 3.29. The van der Waals surface area contributed by atoms with E-state index < -0.39 is 5.60 Å². The largest absolute Gasteiger partial charge is 0.385 e. The highest BCUT2D eigenvalue weighted by Gasteiger charge is 2.41. The average molecular weight is 344 g/mol. The molecule has 25 heavy (non-hydrogen) atoms. The van der Waals surface area contributed by atoms with Crippen LogP contribution in [0.3, 0.4) is 0 Å². The third kappa shape index (κ3) is 4.09. The van der Waals surface area contributed by atoms with Crippen LogP contribution in [0.1, 0.15) is 24.0 Å². The lowest BCUT2D eigenvalue weighted by Gasteiger charge is -2.43. The van der Waals surface area contributed by atoms with Crippen molar-refractivity contribution >= 4 is 0 Å². The molecule has 1 fully saturated rings. The minimum atomic E-state index is -1.09. The molecule has 1 aliphatic rings. The molecule has 0 amide bonds. The van der Waals surface area contributed by atoms with E-state index in [2.05, 4.69) is 19.2 Å². The molecule has 0 aromatic heterocycles. The molecule has 1 heterocycles. The summed E-state index contributed by atoms with van der Waals surface area (Å²) in [5.41, 5.74) is 0.750. The minimum Gasteiger partial charge on any atom is -0.385 e. The van der Waals surface area contributed by atoms with Crippen LogP contribution >= 0.6 is 0 Å². The van der Waals surface area contributed by atoms with Crippen molar-refractivity contribution in [2.75, 3.05) is 39.9 Å². The lowest BCUT2D eigenvalue weighted by Crippen LogP contribution is -2.55. The Morgan fingerprint density at radius 1 is 1.08 bits per heavy atom. The lowest BCUT2D eigenvalue weighted by molar-refractivity contribution is -0.919. The summed E-state index contributed by atoms with van der Waals surface area (Å²) < 4.78 is 19.7. The van der Waals surface area contributed by atoms with Crippen LogP contribution in [0.25, 0.3) is 0 Å². The average Bonchev–Trinajstić information content (AvgIpc) is 2.61. The molecule has 0 radical (unpaired) electrons. The molecule has 2 aromatic carbocycles. The fourth-order valence-electron chi connectivity index (χ4n) is 3.69. The van der Waals surface area contributed by atoms with E-state index in [1.807, 2.05) is 25.1 Å². The van der Waals surface area contributed by atoms with Gasteiger partial charge in [-0.15, -0.1) is 0 Å². The van der Waals surface area contributed by atoms with Crippen LogP contribution in [-0.2, 0) is 10.3 Å². The second-order valence-electron chi connectivity index (χ2n) is 7.48. The smallest absolute Gasteiger partial charge is 0.123 e. The molecule has 2 unspecified atom stereocenters. The normalized spacial score (nSPS) is 20.6. The van der Waals surface area contributed by atoms with Gasteiger partial charge >= 0.3 is 0 Å². The first-order valence-corrected chi connectivity index (χ1v) is 8.85. The van der Waals surface area contributed by atoms with Crippen molar-refractivity contribution in [2.45, 2.75) is 18.4 Å². The van der Waals surface area contributed by atoms with Crippen LogP contribution in [0.15, 0.2) is 54.6 Å². The van der Waals surface area contributed by atoms with Gasteiger partial charge in [0.15, 0.2) is 0 Å². The van der Waals surface area contributed by atoms with Gasteiger partial charge in [-0.05, 0) is 30.2 Å². The number of aliphatic hydroxyl groups is 1. The lowest BCUT2D eigenvalue weighted by atomic mass is 9.78. The van der Waals surface area contributed by atoms with Crippen LogP contribution in [0, 0.1) is 5.82 Å². The molecule has 1 N–H and O–H groups in total. The molecule has 2 aromatic rings. The van der Waals surface area contributed by atoms with Gasteiger partial charge in [-0.2, -0.15) is 0 Å². The van der Waals surface area contributed by atoms with E-state index in [1.54, 1.807) is 12.1 Å². The van der Waals surface area contributed by atoms with Crippen LogP contribution in [-0.4, -0.2) is 49.5 Å². The van der Waals surface area contributed by atoms with Gasteiger partial charge in [-0.25, -0.2) is 4.39 Å². The van der Waals surface area contributed by atoms with Gasteiger partial charge < -0.3 is 14.3 Å². The number of quaternary nitrogens is 1. The summed E-state index contributed by atoms with van der Waals surface area (Å²) in [5, 5.41) is 11.5. The monoisotopic (exact) mass is 344 g/mol. The molecule has 1 aliphatic heterocycles. The molecule has 0 bridgehead atoms. The van der Waals surface area contributed by atoms with Gasteiger partial charge in [0.1, 0.15) is 18.9 Å². The second-order valence-corrected chi connectivity index (χ2v) is 7.48. The van der Waals surface area contributed by atoms with E-state index in [4.69, 9.17) is 4.74 Å². The summed E-state index contributed by atoms with van der Waals surface area (Å²) >= 11 is 0. The first-order chi connectivity index (χ1) is 11.9. The molecular weight excluding hydrogens is 317 g/mol. The number of hydrogen-bond donors (Lipinski definition) is 1. The summed E-state index contributed by atoms with van der Waals surface area (Å²) in [4.78, 5) is 0. The van der Waals surface area contributed by atoms with Gasteiger partial charge in [-0.1, -0.05) is 42.5 Å². The number of likely N-dealkylation sites (N-methyl/N-ethyl adjacent to an activating group) is 1. The Hall–Kier alpha value is -1.75. The predicted molar refractivity (Wildman–Crippen MR) is 96.8 cm³/mol. The Kier molecular flexibility index (Phi) is 5.23. The number of nitrogens with zero attached hydrogens (tertiary/aromatic N) is 1. The molecule has 3 rings (SSSR count). The molecule has 0 spiro atoms. The summed E-state index contributed by atoms with van der Waals surface area (Å²) in [6, 6.07) is 16.3. The molecule has 1 saturated heterocycles. The zero-order valence-corrected chi connectivity index (χ0v) is 15.0. The van der Waals surface area contributed by atoms with Crippen molar-refractivity contribution in [3.8, 4) is 0 Å². The van der Waals surface area contributed by atoms with Crippen molar-refractivity contribution in [1.29, 1.82) is 0 Å². The maximum Gasteiger partial charge on any atom is 0.123 e. The van der Waals surface area contributed by atoms with Gasteiger partial charge in [0, 0.05) is 0 Å². The number of ether oxygens (including phenoxy) is 1. The van der Waals surface area contributed by atoms with E-state index in [-0.39, 0.29) is 11.7 Å². The van der Waals surface area contributed by atoms with E-state index in [0.717, 1.165) is 48.5 Å². The van der Waals surface area contributed by atoms with Crippen LogP contribution in [0.2, 0.25) is 0 Å². The van der Waals surface area contributed by atoms with Crippen LogP contribution < -0.4 is 0 Å². The Balaban J connectivity index is 1.96. The Morgan fingerprint density at radius 2 is 1.68 bits per heavy atom. The highest BCUT2D eigenvalue weighted by atomic mass is 19.1. The van der Waals surface area contributed by atoms with E-state index in [9.17, 15) is 9.50 Å². The van der Waals surface area contributed by atoms with E-state index in [0.29, 0.717) is 0 Å². The zero-order chi connectivity index (χ0) is 17.9. The van der Waals surface area contributed by atoms with Gasteiger partial charge in [-0.3, -0.25) is 0 Å². The van der Waals surface area contributed by atoms with Crippen molar-refractivity contribution in [2.24, 2.45) is 0 Å². The molecular formula is C21H27FNO2+. The van der Waals surface area contributed by atoms with Gasteiger partial charge in [0.25, 0.3) is 0 Å². The highest BCUT2D eigenvalue weighted by molar-refractivity contribution is 5.31. The third-order valence-electron chi connectivity index (χ3n) is 5.48. The molecule has 2 atom stereocenters. The number of halogens is 1. The molecule has 134 valence electrons. The molecule has 0 aliphatic carbocycles. The van der Waals surface area contributed by atoms with Crippen LogP contribution in [0.5, 0.6) is 0 Å². The minimum absolute atomic E-state index is 0.0951. The second kappa shape index (κ2) is 7.24.